The lowest BCUT2D eigenvalue weighted by Gasteiger charge is -2.10. The van der Waals surface area contributed by atoms with E-state index in [1.807, 2.05) is 0 Å². The molecule has 1 saturated heterocycles. The van der Waals surface area contributed by atoms with E-state index in [2.05, 4.69) is 15.5 Å². The van der Waals surface area contributed by atoms with Crippen LogP contribution in [0.3, 0.4) is 0 Å². The van der Waals surface area contributed by atoms with Crippen LogP contribution in [0.2, 0.25) is 5.02 Å². The largest absolute Gasteiger partial charge is 0.378 e. The van der Waals surface area contributed by atoms with Crippen molar-refractivity contribution >= 4 is 50.8 Å². The fourth-order valence-electron chi connectivity index (χ4n) is 2.21. The number of halogens is 1. The molecule has 0 bridgehead atoms. The van der Waals surface area contributed by atoms with Crippen molar-refractivity contribution in [3.63, 3.8) is 0 Å². The first-order valence-electron chi connectivity index (χ1n) is 8.14. The van der Waals surface area contributed by atoms with E-state index in [4.69, 9.17) is 15.8 Å². The van der Waals surface area contributed by atoms with Crippen molar-refractivity contribution in [2.75, 3.05) is 0 Å². The van der Waals surface area contributed by atoms with Crippen LogP contribution in [0.1, 0.15) is 18.1 Å². The minimum Gasteiger partial charge on any atom is -0.378 e. The predicted octanol–water partition coefficient (Wildman–Crippen LogP) is 3.36. The Labute approximate surface area is 172 Å². The number of para-hydroxylation sites is 1. The zero-order chi connectivity index (χ0) is 20.3. The van der Waals surface area contributed by atoms with Crippen molar-refractivity contribution in [2.24, 2.45) is 10.2 Å². The van der Waals surface area contributed by atoms with E-state index in [1.54, 1.807) is 38.1 Å². The quantitative estimate of drug-likeness (QED) is 0.439. The molecular formula is C18H16ClN3O4S2. The highest BCUT2D eigenvalue weighted by Gasteiger charge is 2.25. The van der Waals surface area contributed by atoms with Gasteiger partial charge in [0.2, 0.25) is 5.91 Å². The average molecular weight is 438 g/mol. The van der Waals surface area contributed by atoms with Crippen molar-refractivity contribution in [3.8, 4) is 5.75 Å². The molecule has 1 aliphatic rings. The maximum absolute atomic E-state index is 12.6. The standard InChI is InChI=1S/C18H16ClN3O4S2/c1-11-7-8-14(9-15(11)19)28(24,25)26-16-6-4-3-5-13(16)10-20-22-18-21-17(23)12(2)27-18/h3-10,12H,1-2H3,(H,21,22,23)/b20-10+. The van der Waals surface area contributed by atoms with E-state index < -0.39 is 10.1 Å². The number of hydrogen-bond acceptors (Lipinski definition) is 7. The topological polar surface area (TPSA) is 97.2 Å². The maximum atomic E-state index is 12.6. The molecule has 3 rings (SSSR count). The Balaban J connectivity index is 1.82. The molecular weight excluding hydrogens is 422 g/mol. The molecule has 1 amide bonds. The molecule has 0 aliphatic carbocycles. The molecule has 1 atom stereocenters. The summed E-state index contributed by atoms with van der Waals surface area (Å²) in [4.78, 5) is 11.4. The van der Waals surface area contributed by atoms with Crippen molar-refractivity contribution in [1.29, 1.82) is 0 Å². The number of carbonyl (C=O) groups is 1. The van der Waals surface area contributed by atoms with Gasteiger partial charge in [0, 0.05) is 10.6 Å². The summed E-state index contributed by atoms with van der Waals surface area (Å²) >= 11 is 7.28. The number of aryl methyl sites for hydroxylation is 1. The van der Waals surface area contributed by atoms with Crippen LogP contribution in [0.15, 0.2) is 57.6 Å². The summed E-state index contributed by atoms with van der Waals surface area (Å²) in [6, 6.07) is 10.9. The number of rotatable bonds is 5. The summed E-state index contributed by atoms with van der Waals surface area (Å²) in [5, 5.41) is 10.9. The zero-order valence-electron chi connectivity index (χ0n) is 14.9. The third-order valence-electron chi connectivity index (χ3n) is 3.78. The molecule has 28 heavy (non-hydrogen) atoms. The SMILES string of the molecule is Cc1ccc(S(=O)(=O)Oc2ccccc2/C=N/N=C2/NC(=O)C(C)S2)cc1Cl. The van der Waals surface area contributed by atoms with Gasteiger partial charge in [0.25, 0.3) is 0 Å². The van der Waals surface area contributed by atoms with Crippen LogP contribution >= 0.6 is 23.4 Å². The van der Waals surface area contributed by atoms with E-state index in [1.165, 1.54) is 36.2 Å². The number of nitrogens with zero attached hydrogens (tertiary/aromatic N) is 2. The summed E-state index contributed by atoms with van der Waals surface area (Å²) in [7, 11) is -4.07. The zero-order valence-corrected chi connectivity index (χ0v) is 17.3. The first kappa shape index (κ1) is 20.4. The second kappa shape index (κ2) is 8.34. The summed E-state index contributed by atoms with van der Waals surface area (Å²) < 4.78 is 30.4. The lowest BCUT2D eigenvalue weighted by molar-refractivity contribution is -0.118. The van der Waals surface area contributed by atoms with Crippen molar-refractivity contribution < 1.29 is 17.4 Å². The fraction of sp³-hybridized carbons (Fsp3) is 0.167. The minimum atomic E-state index is -4.07. The Kier molecular flexibility index (Phi) is 6.07. The van der Waals surface area contributed by atoms with E-state index in [0.29, 0.717) is 15.8 Å². The number of amidine groups is 1. The smallest absolute Gasteiger partial charge is 0.339 e. The molecule has 1 aliphatic heterocycles. The Hall–Kier alpha value is -2.36. The highest BCUT2D eigenvalue weighted by Crippen LogP contribution is 2.25. The molecule has 0 spiro atoms. The second-order valence-corrected chi connectivity index (χ2v) is 9.17. The maximum Gasteiger partial charge on any atom is 0.339 e. The van der Waals surface area contributed by atoms with Gasteiger partial charge in [-0.15, -0.1) is 5.10 Å². The van der Waals surface area contributed by atoms with Gasteiger partial charge in [0.15, 0.2) is 10.9 Å². The highest BCUT2D eigenvalue weighted by molar-refractivity contribution is 8.15. The number of thioether (sulfide) groups is 1. The molecule has 0 aromatic heterocycles. The van der Waals surface area contributed by atoms with Gasteiger partial charge >= 0.3 is 10.1 Å². The summed E-state index contributed by atoms with van der Waals surface area (Å²) in [6.07, 6.45) is 1.36. The van der Waals surface area contributed by atoms with Crippen molar-refractivity contribution in [1.82, 2.24) is 5.32 Å². The summed E-state index contributed by atoms with van der Waals surface area (Å²) in [5.74, 6) is -0.0369. The minimum absolute atomic E-state index is 0.0471. The Morgan fingerprint density at radius 2 is 2.00 bits per heavy atom. The third kappa shape index (κ3) is 4.73. The summed E-state index contributed by atoms with van der Waals surface area (Å²) in [6.45, 7) is 3.54. The number of nitrogens with one attached hydrogen (secondary N) is 1. The second-order valence-electron chi connectivity index (χ2n) is 5.89. The summed E-state index contributed by atoms with van der Waals surface area (Å²) in [5.41, 5.74) is 1.18. The monoisotopic (exact) mass is 437 g/mol. The van der Waals surface area contributed by atoms with Gasteiger partial charge in [-0.3, -0.25) is 4.79 Å². The molecule has 0 radical (unpaired) electrons. The molecule has 146 valence electrons. The van der Waals surface area contributed by atoms with Gasteiger partial charge in [-0.1, -0.05) is 41.6 Å². The van der Waals surface area contributed by atoms with E-state index >= 15 is 0 Å². The molecule has 1 N–H and O–H groups in total. The van der Waals surface area contributed by atoms with Gasteiger partial charge in [0.1, 0.15) is 4.90 Å². The van der Waals surface area contributed by atoms with E-state index in [0.717, 1.165) is 5.56 Å². The van der Waals surface area contributed by atoms with Crippen LogP contribution < -0.4 is 9.50 Å². The van der Waals surface area contributed by atoms with Gasteiger partial charge in [-0.2, -0.15) is 13.5 Å². The van der Waals surface area contributed by atoms with Crippen LogP contribution in [-0.2, 0) is 14.9 Å². The predicted molar refractivity (Wildman–Crippen MR) is 111 cm³/mol. The Morgan fingerprint density at radius 1 is 1.25 bits per heavy atom. The first-order chi connectivity index (χ1) is 13.3. The molecule has 2 aromatic carbocycles. The van der Waals surface area contributed by atoms with Gasteiger partial charge in [-0.25, -0.2) is 0 Å². The Bertz CT molecular complexity index is 1080. The molecule has 1 fully saturated rings. The molecule has 10 heteroatoms. The molecule has 2 aromatic rings. The highest BCUT2D eigenvalue weighted by atomic mass is 35.5. The average Bonchev–Trinajstić information content (AvgIpc) is 2.96. The van der Waals surface area contributed by atoms with Crippen LogP contribution in [0.5, 0.6) is 5.75 Å². The van der Waals surface area contributed by atoms with Gasteiger partial charge in [0.05, 0.1) is 11.5 Å². The van der Waals surface area contributed by atoms with Crippen LogP contribution in [0, 0.1) is 6.92 Å². The first-order valence-corrected chi connectivity index (χ1v) is 10.8. The number of carbonyl (C=O) groups excluding carboxylic acids is 1. The van der Waals surface area contributed by atoms with Gasteiger partial charge < -0.3 is 9.50 Å². The molecule has 1 heterocycles. The molecule has 1 unspecified atom stereocenters. The van der Waals surface area contributed by atoms with Crippen molar-refractivity contribution in [3.05, 3.63) is 58.6 Å². The lowest BCUT2D eigenvalue weighted by atomic mass is 10.2. The lowest BCUT2D eigenvalue weighted by Crippen LogP contribution is -2.23. The van der Waals surface area contributed by atoms with Crippen LogP contribution in [-0.4, -0.2) is 31.0 Å². The molecule has 7 nitrogen and oxygen atoms in total. The van der Waals surface area contributed by atoms with Gasteiger partial charge in [-0.05, 0) is 43.7 Å². The van der Waals surface area contributed by atoms with Crippen LogP contribution in [0.25, 0.3) is 0 Å². The molecule has 0 saturated carbocycles. The number of hydrogen-bond donors (Lipinski definition) is 1. The fourth-order valence-corrected chi connectivity index (χ4v) is 4.19. The Morgan fingerprint density at radius 3 is 2.68 bits per heavy atom. The number of benzene rings is 2. The van der Waals surface area contributed by atoms with Crippen molar-refractivity contribution in [2.45, 2.75) is 24.0 Å². The van der Waals surface area contributed by atoms with Crippen LogP contribution in [0.4, 0.5) is 0 Å². The van der Waals surface area contributed by atoms with E-state index in [-0.39, 0.29) is 21.8 Å². The number of amides is 1. The normalized spacial score (nSPS) is 18.6. The third-order valence-corrected chi connectivity index (χ3v) is 6.40. The van der Waals surface area contributed by atoms with E-state index in [9.17, 15) is 13.2 Å².